The Kier molecular flexibility index (Phi) is 9.93. The summed E-state index contributed by atoms with van der Waals surface area (Å²) in [5, 5.41) is 2.82. The molecular formula is C24H32BrN3O5S. The second-order valence-corrected chi connectivity index (χ2v) is 11.0. The smallest absolute Gasteiger partial charge is 0.244 e. The van der Waals surface area contributed by atoms with E-state index in [1.165, 1.54) is 4.90 Å². The Labute approximate surface area is 210 Å². The van der Waals surface area contributed by atoms with Crippen molar-refractivity contribution >= 4 is 43.5 Å². The van der Waals surface area contributed by atoms with Gasteiger partial charge in [0.1, 0.15) is 18.3 Å². The van der Waals surface area contributed by atoms with E-state index in [4.69, 9.17) is 4.74 Å². The Morgan fingerprint density at radius 2 is 1.68 bits per heavy atom. The van der Waals surface area contributed by atoms with E-state index in [0.717, 1.165) is 20.6 Å². The van der Waals surface area contributed by atoms with E-state index in [2.05, 4.69) is 21.2 Å². The number of nitrogens with one attached hydrogen (secondary N) is 1. The number of hydrogen-bond donors (Lipinski definition) is 1. The van der Waals surface area contributed by atoms with Crippen LogP contribution in [-0.2, 0) is 26.2 Å². The summed E-state index contributed by atoms with van der Waals surface area (Å²) in [6, 6.07) is 13.1. The third-order valence-electron chi connectivity index (χ3n) is 4.98. The number of para-hydroxylation sites is 2. The van der Waals surface area contributed by atoms with Crippen LogP contribution in [0, 0.1) is 0 Å². The molecule has 0 saturated heterocycles. The van der Waals surface area contributed by atoms with Crippen molar-refractivity contribution in [2.24, 2.45) is 0 Å². The van der Waals surface area contributed by atoms with Crippen molar-refractivity contribution in [1.82, 2.24) is 10.2 Å². The van der Waals surface area contributed by atoms with Crippen LogP contribution < -0.4 is 14.4 Å². The Balaban J connectivity index is 2.42. The van der Waals surface area contributed by atoms with Crippen molar-refractivity contribution in [2.75, 3.05) is 23.7 Å². The van der Waals surface area contributed by atoms with E-state index < -0.39 is 28.5 Å². The second-order valence-electron chi connectivity index (χ2n) is 8.16. The average molecular weight is 555 g/mol. The molecule has 0 aliphatic rings. The molecule has 1 atom stereocenters. The van der Waals surface area contributed by atoms with E-state index in [0.29, 0.717) is 12.4 Å². The summed E-state index contributed by atoms with van der Waals surface area (Å²) in [5.74, 6) is -0.472. The van der Waals surface area contributed by atoms with Crippen LogP contribution in [0.15, 0.2) is 53.0 Å². The Hall–Kier alpha value is -2.59. The largest absolute Gasteiger partial charge is 0.492 e. The predicted molar refractivity (Wildman–Crippen MR) is 137 cm³/mol. The molecule has 0 fully saturated rings. The summed E-state index contributed by atoms with van der Waals surface area (Å²) in [4.78, 5) is 27.7. The number of carbonyl (C=O) groups excluding carboxylic acids is 2. The van der Waals surface area contributed by atoms with Crippen molar-refractivity contribution in [3.63, 3.8) is 0 Å². The lowest BCUT2D eigenvalue weighted by Gasteiger charge is -2.32. The molecule has 2 aromatic carbocycles. The van der Waals surface area contributed by atoms with Gasteiger partial charge in [0.25, 0.3) is 0 Å². The van der Waals surface area contributed by atoms with Gasteiger partial charge in [0, 0.05) is 17.1 Å². The zero-order valence-corrected chi connectivity index (χ0v) is 22.5. The van der Waals surface area contributed by atoms with Crippen LogP contribution in [0.5, 0.6) is 5.75 Å². The van der Waals surface area contributed by atoms with Gasteiger partial charge in [-0.25, -0.2) is 8.42 Å². The minimum atomic E-state index is -3.83. The van der Waals surface area contributed by atoms with Gasteiger partial charge in [0.15, 0.2) is 0 Å². The molecule has 186 valence electrons. The van der Waals surface area contributed by atoms with E-state index >= 15 is 0 Å². The minimum absolute atomic E-state index is 0.106. The highest BCUT2D eigenvalue weighted by atomic mass is 79.9. The molecule has 0 saturated carbocycles. The highest BCUT2D eigenvalue weighted by molar-refractivity contribution is 9.10. The number of ether oxygens (including phenoxy) is 1. The maximum atomic E-state index is 13.5. The zero-order chi connectivity index (χ0) is 25.5. The topological polar surface area (TPSA) is 96.0 Å². The van der Waals surface area contributed by atoms with Crippen LogP contribution in [0.25, 0.3) is 0 Å². The van der Waals surface area contributed by atoms with Gasteiger partial charge in [0.2, 0.25) is 21.8 Å². The average Bonchev–Trinajstić information content (AvgIpc) is 2.76. The Bertz CT molecular complexity index is 1090. The standard InChI is InChI=1S/C24H32BrN3O5S/c1-6-33-22-10-8-7-9-21(22)28(34(5,31)32)16-23(29)27(18(4)24(30)26-17(2)3)15-19-11-13-20(25)14-12-19/h7-14,17-18H,6,15-16H2,1-5H3,(H,26,30)/t18-/m0/s1. The summed E-state index contributed by atoms with van der Waals surface area (Å²) >= 11 is 3.39. The van der Waals surface area contributed by atoms with Crippen LogP contribution in [0.3, 0.4) is 0 Å². The molecule has 0 radical (unpaired) electrons. The van der Waals surface area contributed by atoms with Gasteiger partial charge in [-0.15, -0.1) is 0 Å². The molecule has 0 unspecified atom stereocenters. The summed E-state index contributed by atoms with van der Waals surface area (Å²) in [7, 11) is -3.83. The van der Waals surface area contributed by atoms with Crippen LogP contribution in [-0.4, -0.2) is 56.6 Å². The first-order valence-corrected chi connectivity index (χ1v) is 13.6. The number of amides is 2. The lowest BCUT2D eigenvalue weighted by molar-refractivity contribution is -0.139. The molecule has 0 aliphatic carbocycles. The van der Waals surface area contributed by atoms with Crippen molar-refractivity contribution in [3.8, 4) is 5.75 Å². The SMILES string of the molecule is CCOc1ccccc1N(CC(=O)N(Cc1ccc(Br)cc1)[C@@H](C)C(=O)NC(C)C)S(C)(=O)=O. The first-order valence-electron chi connectivity index (χ1n) is 11.0. The number of halogens is 1. The van der Waals surface area contributed by atoms with E-state index in [1.807, 2.05) is 38.1 Å². The van der Waals surface area contributed by atoms with Crippen LogP contribution >= 0.6 is 15.9 Å². The molecule has 1 N–H and O–H groups in total. The molecule has 0 bridgehead atoms. The highest BCUT2D eigenvalue weighted by Gasteiger charge is 2.31. The van der Waals surface area contributed by atoms with Crippen LogP contribution in [0.1, 0.15) is 33.3 Å². The molecule has 2 aromatic rings. The Morgan fingerprint density at radius 1 is 1.06 bits per heavy atom. The third kappa shape index (κ3) is 7.73. The molecule has 0 aliphatic heterocycles. The van der Waals surface area contributed by atoms with Gasteiger partial charge in [-0.1, -0.05) is 40.2 Å². The fraction of sp³-hybridized carbons (Fsp3) is 0.417. The Morgan fingerprint density at radius 3 is 2.24 bits per heavy atom. The lowest BCUT2D eigenvalue weighted by Crippen LogP contribution is -2.52. The van der Waals surface area contributed by atoms with Crippen molar-refractivity contribution in [2.45, 2.75) is 46.3 Å². The summed E-state index contributed by atoms with van der Waals surface area (Å²) in [6.45, 7) is 7.10. The van der Waals surface area contributed by atoms with E-state index in [9.17, 15) is 18.0 Å². The van der Waals surface area contributed by atoms with Gasteiger partial charge in [0.05, 0.1) is 18.6 Å². The minimum Gasteiger partial charge on any atom is -0.492 e. The maximum Gasteiger partial charge on any atom is 0.244 e. The second kappa shape index (κ2) is 12.2. The number of sulfonamides is 1. The van der Waals surface area contributed by atoms with Gasteiger partial charge >= 0.3 is 0 Å². The summed E-state index contributed by atoms with van der Waals surface area (Å²) < 4.78 is 32.9. The van der Waals surface area contributed by atoms with Crippen LogP contribution in [0.4, 0.5) is 5.69 Å². The first kappa shape index (κ1) is 27.7. The van der Waals surface area contributed by atoms with Gasteiger partial charge in [-0.2, -0.15) is 0 Å². The van der Waals surface area contributed by atoms with Gasteiger partial charge < -0.3 is 15.0 Å². The van der Waals surface area contributed by atoms with E-state index in [1.54, 1.807) is 38.1 Å². The molecule has 8 nitrogen and oxygen atoms in total. The molecular weight excluding hydrogens is 522 g/mol. The number of nitrogens with zero attached hydrogens (tertiary/aromatic N) is 2. The molecule has 34 heavy (non-hydrogen) atoms. The molecule has 0 heterocycles. The number of rotatable bonds is 11. The molecule has 0 aromatic heterocycles. The molecule has 0 spiro atoms. The number of hydrogen-bond acceptors (Lipinski definition) is 5. The van der Waals surface area contributed by atoms with Gasteiger partial charge in [-0.3, -0.25) is 13.9 Å². The van der Waals surface area contributed by atoms with Crippen molar-refractivity contribution in [3.05, 3.63) is 58.6 Å². The quantitative estimate of drug-likeness (QED) is 0.459. The molecule has 2 amide bonds. The zero-order valence-electron chi connectivity index (χ0n) is 20.1. The number of benzene rings is 2. The first-order chi connectivity index (χ1) is 15.9. The van der Waals surface area contributed by atoms with E-state index in [-0.39, 0.29) is 24.2 Å². The third-order valence-corrected chi connectivity index (χ3v) is 6.63. The molecule has 2 rings (SSSR count). The number of carbonyl (C=O) groups is 2. The van der Waals surface area contributed by atoms with Crippen molar-refractivity contribution < 1.29 is 22.7 Å². The fourth-order valence-electron chi connectivity index (χ4n) is 3.31. The predicted octanol–water partition coefficient (Wildman–Crippen LogP) is 3.56. The maximum absolute atomic E-state index is 13.5. The van der Waals surface area contributed by atoms with Gasteiger partial charge in [-0.05, 0) is 57.5 Å². The highest BCUT2D eigenvalue weighted by Crippen LogP contribution is 2.30. The summed E-state index contributed by atoms with van der Waals surface area (Å²) in [6.07, 6.45) is 1.04. The summed E-state index contributed by atoms with van der Waals surface area (Å²) in [5.41, 5.74) is 1.07. The van der Waals surface area contributed by atoms with Crippen LogP contribution in [0.2, 0.25) is 0 Å². The monoisotopic (exact) mass is 553 g/mol. The lowest BCUT2D eigenvalue weighted by atomic mass is 10.1. The molecule has 10 heteroatoms. The normalized spacial score (nSPS) is 12.2. The number of anilines is 1. The fourth-order valence-corrected chi connectivity index (χ4v) is 4.43. The van der Waals surface area contributed by atoms with Crippen molar-refractivity contribution in [1.29, 1.82) is 0 Å².